The maximum atomic E-state index is 12.0. The lowest BCUT2D eigenvalue weighted by atomic mass is 10.2. The van der Waals surface area contributed by atoms with Crippen molar-refractivity contribution in [2.24, 2.45) is 0 Å². The van der Waals surface area contributed by atoms with E-state index < -0.39 is 0 Å². The molecule has 1 aliphatic rings. The van der Waals surface area contributed by atoms with Crippen molar-refractivity contribution in [3.05, 3.63) is 37.8 Å². The number of fused-ring (bicyclic) bond motifs is 1. The van der Waals surface area contributed by atoms with Crippen LogP contribution in [0, 0.1) is 6.92 Å². The lowest BCUT2D eigenvalue weighted by Crippen LogP contribution is -2.20. The number of aromatic nitrogens is 1. The van der Waals surface area contributed by atoms with E-state index in [2.05, 4.69) is 26.2 Å². The molecule has 0 unspecified atom stereocenters. The molecule has 0 fully saturated rings. The summed E-state index contributed by atoms with van der Waals surface area (Å²) in [6, 6.07) is 3.64. The zero-order valence-electron chi connectivity index (χ0n) is 11.9. The van der Waals surface area contributed by atoms with Crippen LogP contribution in [0.3, 0.4) is 0 Å². The van der Waals surface area contributed by atoms with Crippen LogP contribution in [0.1, 0.15) is 22.6 Å². The van der Waals surface area contributed by atoms with Gasteiger partial charge in [0.2, 0.25) is 0 Å². The Balaban J connectivity index is 1.60. The van der Waals surface area contributed by atoms with Gasteiger partial charge in [-0.15, -0.1) is 11.3 Å². The highest BCUT2D eigenvalue weighted by Gasteiger charge is 2.18. The van der Waals surface area contributed by atoms with Gasteiger partial charge >= 0.3 is 0 Å². The first kappa shape index (κ1) is 15.8. The molecule has 0 atom stereocenters. The molecule has 1 amide bonds. The minimum Gasteiger partial charge on any atom is -0.482 e. The van der Waals surface area contributed by atoms with Gasteiger partial charge in [0.15, 0.2) is 11.7 Å². The first-order valence-corrected chi connectivity index (χ1v) is 8.88. The van der Waals surface area contributed by atoms with E-state index in [1.54, 1.807) is 17.4 Å². The molecule has 1 aliphatic carbocycles. The SMILES string of the molecule is Cc1cc(Br)cc(Cl)c1OCC(=O)Nc1nc2c(s1)CCC2. The second-order valence-electron chi connectivity index (χ2n) is 5.11. The van der Waals surface area contributed by atoms with Gasteiger partial charge in [-0.05, 0) is 43.9 Å². The number of carbonyl (C=O) groups excluding carboxylic acids is 1. The standard InChI is InChI=1S/C15H14BrClN2O2S/c1-8-5-9(16)6-10(17)14(8)21-7-13(20)19-15-18-11-3-2-4-12(11)22-15/h5-6H,2-4,7H2,1H3,(H,18,19,20). The van der Waals surface area contributed by atoms with E-state index in [-0.39, 0.29) is 12.5 Å². The Bertz CT molecular complexity index is 688. The van der Waals surface area contributed by atoms with Crippen LogP contribution in [0.5, 0.6) is 5.75 Å². The fourth-order valence-electron chi connectivity index (χ4n) is 2.41. The third kappa shape index (κ3) is 3.45. The van der Waals surface area contributed by atoms with Gasteiger partial charge in [-0.2, -0.15) is 0 Å². The molecule has 2 aromatic rings. The van der Waals surface area contributed by atoms with Gasteiger partial charge in [-0.25, -0.2) is 4.98 Å². The number of nitrogens with zero attached hydrogens (tertiary/aromatic N) is 1. The van der Waals surface area contributed by atoms with Crippen LogP contribution in [0.25, 0.3) is 0 Å². The Kier molecular flexibility index (Phi) is 4.70. The summed E-state index contributed by atoms with van der Waals surface area (Å²) in [7, 11) is 0. The number of thiazole rings is 1. The largest absolute Gasteiger partial charge is 0.482 e. The molecule has 0 saturated heterocycles. The first-order chi connectivity index (χ1) is 10.5. The third-order valence-corrected chi connectivity index (χ3v) is 5.20. The molecule has 1 N–H and O–H groups in total. The van der Waals surface area contributed by atoms with Gasteiger partial charge in [0, 0.05) is 9.35 Å². The van der Waals surface area contributed by atoms with Crippen molar-refractivity contribution >= 4 is 49.9 Å². The van der Waals surface area contributed by atoms with Crippen molar-refractivity contribution in [2.75, 3.05) is 11.9 Å². The maximum absolute atomic E-state index is 12.0. The van der Waals surface area contributed by atoms with E-state index in [9.17, 15) is 4.79 Å². The molecule has 1 aromatic carbocycles. The van der Waals surface area contributed by atoms with Crippen molar-refractivity contribution in [3.8, 4) is 5.75 Å². The van der Waals surface area contributed by atoms with E-state index in [0.717, 1.165) is 35.0 Å². The highest BCUT2D eigenvalue weighted by Crippen LogP contribution is 2.32. The van der Waals surface area contributed by atoms with Crippen LogP contribution < -0.4 is 10.1 Å². The lowest BCUT2D eigenvalue weighted by molar-refractivity contribution is -0.118. The number of hydrogen-bond acceptors (Lipinski definition) is 4. The molecule has 1 aromatic heterocycles. The zero-order valence-corrected chi connectivity index (χ0v) is 15.1. The van der Waals surface area contributed by atoms with Gasteiger partial charge in [-0.3, -0.25) is 10.1 Å². The normalized spacial score (nSPS) is 13.0. The number of ether oxygens (including phenoxy) is 1. The molecule has 1 heterocycles. The molecule has 0 bridgehead atoms. The van der Waals surface area contributed by atoms with E-state index >= 15 is 0 Å². The second kappa shape index (κ2) is 6.56. The van der Waals surface area contributed by atoms with E-state index in [0.29, 0.717) is 15.9 Å². The molecule has 0 saturated carbocycles. The van der Waals surface area contributed by atoms with Crippen LogP contribution >= 0.6 is 38.9 Å². The average molecular weight is 402 g/mol. The quantitative estimate of drug-likeness (QED) is 0.827. The molecular formula is C15H14BrClN2O2S. The minimum absolute atomic E-state index is 0.0908. The molecular weight excluding hydrogens is 388 g/mol. The molecule has 0 radical (unpaired) electrons. The Morgan fingerprint density at radius 1 is 1.50 bits per heavy atom. The number of halogens is 2. The van der Waals surface area contributed by atoms with Crippen LogP contribution in [0.2, 0.25) is 5.02 Å². The number of nitrogens with one attached hydrogen (secondary N) is 1. The van der Waals surface area contributed by atoms with E-state index in [1.807, 2.05) is 13.0 Å². The summed E-state index contributed by atoms with van der Waals surface area (Å²) < 4.78 is 6.42. The number of amides is 1. The van der Waals surface area contributed by atoms with E-state index in [1.165, 1.54) is 4.88 Å². The topological polar surface area (TPSA) is 51.2 Å². The van der Waals surface area contributed by atoms with Crippen LogP contribution in [-0.2, 0) is 17.6 Å². The molecule has 116 valence electrons. The Hall–Kier alpha value is -1.11. The summed E-state index contributed by atoms with van der Waals surface area (Å²) in [5, 5.41) is 3.91. The summed E-state index contributed by atoms with van der Waals surface area (Å²) in [6.45, 7) is 1.79. The monoisotopic (exact) mass is 400 g/mol. The Morgan fingerprint density at radius 3 is 3.05 bits per heavy atom. The molecule has 4 nitrogen and oxygen atoms in total. The van der Waals surface area contributed by atoms with Crippen LogP contribution in [-0.4, -0.2) is 17.5 Å². The van der Waals surface area contributed by atoms with Crippen molar-refractivity contribution < 1.29 is 9.53 Å². The van der Waals surface area contributed by atoms with Gasteiger partial charge < -0.3 is 4.74 Å². The number of benzene rings is 1. The van der Waals surface area contributed by atoms with Crippen molar-refractivity contribution in [2.45, 2.75) is 26.2 Å². The van der Waals surface area contributed by atoms with Crippen molar-refractivity contribution in [1.29, 1.82) is 0 Å². The Morgan fingerprint density at radius 2 is 2.32 bits per heavy atom. The third-order valence-electron chi connectivity index (χ3n) is 3.38. The van der Waals surface area contributed by atoms with Gasteiger partial charge in [0.05, 0.1) is 10.7 Å². The number of hydrogen-bond donors (Lipinski definition) is 1. The number of anilines is 1. The number of carbonyl (C=O) groups is 1. The highest BCUT2D eigenvalue weighted by atomic mass is 79.9. The molecule has 22 heavy (non-hydrogen) atoms. The predicted molar refractivity (Wildman–Crippen MR) is 92.2 cm³/mol. The predicted octanol–water partition coefficient (Wildman–Crippen LogP) is 4.37. The molecule has 7 heteroatoms. The summed E-state index contributed by atoms with van der Waals surface area (Å²) in [5.41, 5.74) is 1.99. The van der Waals surface area contributed by atoms with Crippen LogP contribution in [0.15, 0.2) is 16.6 Å². The number of aryl methyl sites for hydroxylation is 3. The Labute approximate surface area is 146 Å². The summed E-state index contributed by atoms with van der Waals surface area (Å²) in [4.78, 5) is 17.7. The van der Waals surface area contributed by atoms with Gasteiger partial charge in [0.1, 0.15) is 5.75 Å². The minimum atomic E-state index is -0.231. The smallest absolute Gasteiger partial charge is 0.264 e. The summed E-state index contributed by atoms with van der Waals surface area (Å²) in [6.07, 6.45) is 3.23. The first-order valence-electron chi connectivity index (χ1n) is 6.90. The maximum Gasteiger partial charge on any atom is 0.264 e. The fourth-order valence-corrected chi connectivity index (χ4v) is 4.50. The molecule has 0 spiro atoms. The average Bonchev–Trinajstić information content (AvgIpc) is 2.98. The van der Waals surface area contributed by atoms with Crippen molar-refractivity contribution in [1.82, 2.24) is 4.98 Å². The van der Waals surface area contributed by atoms with Gasteiger partial charge in [0.25, 0.3) is 5.91 Å². The zero-order chi connectivity index (χ0) is 15.7. The van der Waals surface area contributed by atoms with E-state index in [4.69, 9.17) is 16.3 Å². The highest BCUT2D eigenvalue weighted by molar-refractivity contribution is 9.10. The number of rotatable bonds is 4. The molecule has 3 rings (SSSR count). The molecule has 0 aliphatic heterocycles. The fraction of sp³-hybridized carbons (Fsp3) is 0.333. The van der Waals surface area contributed by atoms with Gasteiger partial charge in [-0.1, -0.05) is 27.5 Å². The summed E-state index contributed by atoms with van der Waals surface area (Å²) in [5.74, 6) is 0.299. The van der Waals surface area contributed by atoms with Crippen molar-refractivity contribution in [3.63, 3.8) is 0 Å². The summed E-state index contributed by atoms with van der Waals surface area (Å²) >= 11 is 11.0. The second-order valence-corrected chi connectivity index (χ2v) is 7.52. The van der Waals surface area contributed by atoms with Crippen LogP contribution in [0.4, 0.5) is 5.13 Å². The lowest BCUT2D eigenvalue weighted by Gasteiger charge is -2.11.